The molecular formula is C16H20N2O3. The highest BCUT2D eigenvalue weighted by molar-refractivity contribution is 5.52. The Bertz CT molecular complexity index is 550. The summed E-state index contributed by atoms with van der Waals surface area (Å²) in [4.78, 5) is 6.50. The van der Waals surface area contributed by atoms with Crippen molar-refractivity contribution in [2.24, 2.45) is 0 Å². The highest BCUT2D eigenvalue weighted by Crippen LogP contribution is 2.19. The molecule has 1 aromatic heterocycles. The number of likely N-dealkylation sites (N-methyl/N-ethyl adjacent to an activating group) is 1. The summed E-state index contributed by atoms with van der Waals surface area (Å²) in [5, 5.41) is 0. The van der Waals surface area contributed by atoms with Crippen molar-refractivity contribution in [3.8, 4) is 11.5 Å². The van der Waals surface area contributed by atoms with Gasteiger partial charge in [0.05, 0.1) is 38.7 Å². The zero-order valence-corrected chi connectivity index (χ0v) is 12.2. The van der Waals surface area contributed by atoms with Crippen molar-refractivity contribution in [3.05, 3.63) is 42.3 Å². The predicted molar refractivity (Wildman–Crippen MR) is 78.8 cm³/mol. The Morgan fingerprint density at radius 3 is 2.86 bits per heavy atom. The quantitative estimate of drug-likeness (QED) is 0.844. The van der Waals surface area contributed by atoms with Crippen molar-refractivity contribution >= 4 is 0 Å². The van der Waals surface area contributed by atoms with Gasteiger partial charge in [-0.05, 0) is 19.2 Å². The summed E-state index contributed by atoms with van der Waals surface area (Å²) in [6, 6.07) is 9.92. The van der Waals surface area contributed by atoms with E-state index in [4.69, 9.17) is 13.9 Å². The third-order valence-corrected chi connectivity index (χ3v) is 3.40. The number of oxazole rings is 1. The minimum absolute atomic E-state index is 0.139. The predicted octanol–water partition coefficient (Wildman–Crippen LogP) is 2.19. The molecule has 112 valence electrons. The molecule has 5 nitrogen and oxygen atoms in total. The molecule has 2 heterocycles. The van der Waals surface area contributed by atoms with Gasteiger partial charge in [-0.3, -0.25) is 4.90 Å². The van der Waals surface area contributed by atoms with E-state index < -0.39 is 0 Å². The largest absolute Gasteiger partial charge is 0.440 e. The minimum atomic E-state index is 0.139. The first kappa shape index (κ1) is 14.3. The van der Waals surface area contributed by atoms with Crippen LogP contribution in [0.25, 0.3) is 11.5 Å². The highest BCUT2D eigenvalue weighted by atomic mass is 16.6. The lowest BCUT2D eigenvalue weighted by Crippen LogP contribution is -2.38. The Hall–Kier alpha value is -1.69. The van der Waals surface area contributed by atoms with Crippen LogP contribution in [0.5, 0.6) is 0 Å². The average molecular weight is 288 g/mol. The number of hydrogen-bond donors (Lipinski definition) is 0. The Labute approximate surface area is 124 Å². The lowest BCUT2D eigenvalue weighted by Gasteiger charge is -2.26. The van der Waals surface area contributed by atoms with E-state index in [-0.39, 0.29) is 6.10 Å². The number of nitrogens with zero attached hydrogens (tertiary/aromatic N) is 2. The molecule has 1 aliphatic heterocycles. The third-order valence-electron chi connectivity index (χ3n) is 3.40. The molecule has 0 aliphatic carbocycles. The van der Waals surface area contributed by atoms with Gasteiger partial charge in [-0.15, -0.1) is 0 Å². The number of ether oxygens (including phenoxy) is 2. The van der Waals surface area contributed by atoms with Gasteiger partial charge in [0.25, 0.3) is 0 Å². The van der Waals surface area contributed by atoms with E-state index in [0.29, 0.717) is 32.3 Å². The molecule has 3 rings (SSSR count). The van der Waals surface area contributed by atoms with Gasteiger partial charge in [-0.25, -0.2) is 4.98 Å². The molecule has 1 aromatic carbocycles. The maximum absolute atomic E-state index is 5.80. The average Bonchev–Trinajstić information content (AvgIpc) is 2.97. The van der Waals surface area contributed by atoms with Gasteiger partial charge >= 0.3 is 0 Å². The SMILES string of the molecule is CN(Cc1cnc(-c2ccccc2)o1)CC1COCCO1. The molecule has 21 heavy (non-hydrogen) atoms. The van der Waals surface area contributed by atoms with Crippen molar-refractivity contribution in [3.63, 3.8) is 0 Å². The van der Waals surface area contributed by atoms with E-state index in [1.807, 2.05) is 37.4 Å². The molecule has 0 N–H and O–H groups in total. The highest BCUT2D eigenvalue weighted by Gasteiger charge is 2.17. The molecular weight excluding hydrogens is 268 g/mol. The standard InChI is InChI=1S/C16H20N2O3/c1-18(11-15-12-19-7-8-20-15)10-14-9-17-16(21-14)13-5-3-2-4-6-13/h2-6,9,15H,7-8,10-12H2,1H3. The molecule has 0 amide bonds. The Kier molecular flexibility index (Phi) is 4.65. The number of rotatable bonds is 5. The molecule has 0 radical (unpaired) electrons. The zero-order chi connectivity index (χ0) is 14.5. The van der Waals surface area contributed by atoms with E-state index in [2.05, 4.69) is 9.88 Å². The van der Waals surface area contributed by atoms with Crippen LogP contribution in [0.4, 0.5) is 0 Å². The van der Waals surface area contributed by atoms with Gasteiger partial charge in [0, 0.05) is 12.1 Å². The summed E-state index contributed by atoms with van der Waals surface area (Å²) in [5.41, 5.74) is 0.996. The lowest BCUT2D eigenvalue weighted by atomic mass is 10.2. The van der Waals surface area contributed by atoms with Gasteiger partial charge < -0.3 is 13.9 Å². The number of aromatic nitrogens is 1. The molecule has 1 atom stereocenters. The molecule has 1 aliphatic rings. The smallest absolute Gasteiger partial charge is 0.226 e. The van der Waals surface area contributed by atoms with Gasteiger partial charge in [0.2, 0.25) is 5.89 Å². The second-order valence-corrected chi connectivity index (χ2v) is 5.26. The molecule has 0 bridgehead atoms. The van der Waals surface area contributed by atoms with Crippen LogP contribution in [0.15, 0.2) is 40.9 Å². The van der Waals surface area contributed by atoms with E-state index in [0.717, 1.165) is 17.9 Å². The fourth-order valence-electron chi connectivity index (χ4n) is 2.42. The first-order valence-electron chi connectivity index (χ1n) is 7.19. The maximum atomic E-state index is 5.80. The second kappa shape index (κ2) is 6.85. The van der Waals surface area contributed by atoms with Crippen LogP contribution in [-0.4, -0.2) is 49.4 Å². The molecule has 1 unspecified atom stereocenters. The summed E-state index contributed by atoms with van der Waals surface area (Å²) >= 11 is 0. The molecule has 2 aromatic rings. The van der Waals surface area contributed by atoms with Crippen molar-refractivity contribution in [1.29, 1.82) is 0 Å². The van der Waals surface area contributed by atoms with Gasteiger partial charge in [0.15, 0.2) is 0 Å². The lowest BCUT2D eigenvalue weighted by molar-refractivity contribution is -0.0965. The van der Waals surface area contributed by atoms with Crippen LogP contribution < -0.4 is 0 Å². The van der Waals surface area contributed by atoms with Crippen LogP contribution in [0.1, 0.15) is 5.76 Å². The van der Waals surface area contributed by atoms with E-state index in [9.17, 15) is 0 Å². The summed E-state index contributed by atoms with van der Waals surface area (Å²) < 4.78 is 16.9. The molecule has 5 heteroatoms. The third kappa shape index (κ3) is 3.91. The summed E-state index contributed by atoms with van der Waals surface area (Å²) in [6.45, 7) is 3.57. The van der Waals surface area contributed by atoms with Crippen molar-refractivity contribution in [2.45, 2.75) is 12.6 Å². The fraction of sp³-hybridized carbons (Fsp3) is 0.438. The zero-order valence-electron chi connectivity index (χ0n) is 12.2. The summed E-state index contributed by atoms with van der Waals surface area (Å²) in [5.74, 6) is 1.52. The summed E-state index contributed by atoms with van der Waals surface area (Å²) in [6.07, 6.45) is 1.93. The van der Waals surface area contributed by atoms with E-state index in [1.165, 1.54) is 0 Å². The van der Waals surface area contributed by atoms with Crippen LogP contribution >= 0.6 is 0 Å². The van der Waals surface area contributed by atoms with Gasteiger partial charge in [-0.1, -0.05) is 18.2 Å². The minimum Gasteiger partial charge on any atom is -0.440 e. The second-order valence-electron chi connectivity index (χ2n) is 5.26. The van der Waals surface area contributed by atoms with Gasteiger partial charge in [-0.2, -0.15) is 0 Å². The number of hydrogen-bond acceptors (Lipinski definition) is 5. The molecule has 1 saturated heterocycles. The van der Waals surface area contributed by atoms with Crippen molar-refractivity contribution < 1.29 is 13.9 Å². The first-order valence-corrected chi connectivity index (χ1v) is 7.19. The van der Waals surface area contributed by atoms with E-state index >= 15 is 0 Å². The molecule has 1 fully saturated rings. The maximum Gasteiger partial charge on any atom is 0.226 e. The van der Waals surface area contributed by atoms with Crippen LogP contribution in [-0.2, 0) is 16.0 Å². The van der Waals surface area contributed by atoms with Gasteiger partial charge in [0.1, 0.15) is 5.76 Å². The van der Waals surface area contributed by atoms with Crippen molar-refractivity contribution in [2.75, 3.05) is 33.4 Å². The topological polar surface area (TPSA) is 47.7 Å². The van der Waals surface area contributed by atoms with Crippen LogP contribution in [0, 0.1) is 0 Å². The van der Waals surface area contributed by atoms with Crippen molar-refractivity contribution in [1.82, 2.24) is 9.88 Å². The van der Waals surface area contributed by atoms with Crippen LogP contribution in [0.2, 0.25) is 0 Å². The normalized spacial score (nSPS) is 19.0. The molecule has 0 spiro atoms. The summed E-state index contributed by atoms with van der Waals surface area (Å²) in [7, 11) is 2.04. The Morgan fingerprint density at radius 2 is 2.10 bits per heavy atom. The van der Waals surface area contributed by atoms with E-state index in [1.54, 1.807) is 6.20 Å². The fourth-order valence-corrected chi connectivity index (χ4v) is 2.42. The van der Waals surface area contributed by atoms with Crippen LogP contribution in [0.3, 0.4) is 0 Å². The monoisotopic (exact) mass is 288 g/mol. The Morgan fingerprint density at radius 1 is 1.24 bits per heavy atom. The first-order chi connectivity index (χ1) is 10.3. The molecule has 0 saturated carbocycles. The Balaban J connectivity index is 1.56. The number of benzene rings is 1.